The number of aliphatic hydroxyl groups is 1. The molecule has 4 aliphatic rings. The summed E-state index contributed by atoms with van der Waals surface area (Å²) in [7, 11) is 0. The molecule has 148 valence electrons. The van der Waals surface area contributed by atoms with Crippen LogP contribution in [0.5, 0.6) is 0 Å². The highest BCUT2D eigenvalue weighted by atomic mass is 16.3. The normalized spacial score (nSPS) is 48.1. The van der Waals surface area contributed by atoms with Gasteiger partial charge in [-0.3, -0.25) is 0 Å². The lowest BCUT2D eigenvalue weighted by Crippen LogP contribution is -2.53. The fraction of sp³-hybridized carbons (Fsp3) is 0.760. The van der Waals surface area contributed by atoms with E-state index in [1.165, 1.54) is 56.9 Å². The minimum Gasteiger partial charge on any atom is -0.462 e. The van der Waals surface area contributed by atoms with Crippen LogP contribution in [0.4, 0.5) is 0 Å². The van der Waals surface area contributed by atoms with Gasteiger partial charge in [-0.05, 0) is 105 Å². The van der Waals surface area contributed by atoms with Crippen LogP contribution in [0.15, 0.2) is 22.1 Å². The van der Waals surface area contributed by atoms with Crippen molar-refractivity contribution in [1.82, 2.24) is 0 Å². The first-order valence-electron chi connectivity index (χ1n) is 11.4. The molecule has 4 saturated carbocycles. The topological polar surface area (TPSA) is 33.4 Å². The summed E-state index contributed by atoms with van der Waals surface area (Å²) < 4.78 is 5.79. The summed E-state index contributed by atoms with van der Waals surface area (Å²) in [6.45, 7) is 6.99. The van der Waals surface area contributed by atoms with Crippen LogP contribution < -0.4 is 0 Å². The standard InChI is InChI=1S/C25H36O2/c1-16-7-9-19(27-16)14-17-15-22-20-10-8-18-6-4-5-12-24(18,2)21(20)11-13-25(22,3)23(17)26/h7,9,14,18,20-23,26H,4-6,8,10-13,15H2,1-3H3/b17-14+/t18-,20+,21-,22+,23-,24-,25-/m0/s1. The smallest absolute Gasteiger partial charge is 0.127 e. The molecule has 0 aromatic carbocycles. The molecule has 4 fully saturated rings. The zero-order valence-corrected chi connectivity index (χ0v) is 17.3. The summed E-state index contributed by atoms with van der Waals surface area (Å²) in [6.07, 6.45) is 14.0. The van der Waals surface area contributed by atoms with Crippen LogP contribution in [0.1, 0.15) is 83.2 Å². The van der Waals surface area contributed by atoms with Gasteiger partial charge in [0.05, 0.1) is 6.10 Å². The van der Waals surface area contributed by atoms with E-state index in [2.05, 4.69) is 19.9 Å². The number of aryl methyl sites for hydroxylation is 1. The third kappa shape index (κ3) is 2.62. The molecule has 0 aliphatic heterocycles. The Bertz CT molecular complexity index is 745. The highest BCUT2D eigenvalue weighted by Gasteiger charge is 2.60. The van der Waals surface area contributed by atoms with E-state index in [9.17, 15) is 5.11 Å². The summed E-state index contributed by atoms with van der Waals surface area (Å²) in [4.78, 5) is 0. The molecule has 2 nitrogen and oxygen atoms in total. The highest BCUT2D eigenvalue weighted by molar-refractivity contribution is 5.51. The molecular weight excluding hydrogens is 332 g/mol. The Morgan fingerprint density at radius 2 is 1.85 bits per heavy atom. The van der Waals surface area contributed by atoms with E-state index in [0.717, 1.165) is 35.7 Å². The maximum Gasteiger partial charge on any atom is 0.127 e. The van der Waals surface area contributed by atoms with Crippen LogP contribution in [0.25, 0.3) is 6.08 Å². The molecule has 7 atom stereocenters. The van der Waals surface area contributed by atoms with Gasteiger partial charge in [0.25, 0.3) is 0 Å². The maximum atomic E-state index is 11.3. The molecule has 0 spiro atoms. The lowest BCUT2D eigenvalue weighted by Gasteiger charge is -2.60. The van der Waals surface area contributed by atoms with Crippen molar-refractivity contribution in [3.05, 3.63) is 29.2 Å². The van der Waals surface area contributed by atoms with Gasteiger partial charge < -0.3 is 9.52 Å². The second-order valence-corrected chi connectivity index (χ2v) is 10.7. The molecule has 1 aromatic heterocycles. The van der Waals surface area contributed by atoms with Gasteiger partial charge in [-0.2, -0.15) is 0 Å². The molecule has 1 aromatic rings. The molecule has 0 saturated heterocycles. The lowest BCUT2D eigenvalue weighted by atomic mass is 9.45. The molecule has 1 N–H and O–H groups in total. The van der Waals surface area contributed by atoms with Gasteiger partial charge >= 0.3 is 0 Å². The molecule has 0 unspecified atom stereocenters. The predicted molar refractivity (Wildman–Crippen MR) is 109 cm³/mol. The van der Waals surface area contributed by atoms with E-state index < -0.39 is 0 Å². The van der Waals surface area contributed by atoms with E-state index >= 15 is 0 Å². The van der Waals surface area contributed by atoms with Crippen LogP contribution >= 0.6 is 0 Å². The van der Waals surface area contributed by atoms with Gasteiger partial charge in [-0.25, -0.2) is 0 Å². The number of hydrogen-bond acceptors (Lipinski definition) is 2. The summed E-state index contributed by atoms with van der Waals surface area (Å²) in [5.74, 6) is 5.15. The van der Waals surface area contributed by atoms with Crippen molar-refractivity contribution >= 4 is 6.08 Å². The maximum absolute atomic E-state index is 11.3. The Morgan fingerprint density at radius 1 is 1.00 bits per heavy atom. The first-order valence-corrected chi connectivity index (χ1v) is 11.4. The predicted octanol–water partition coefficient (Wildman–Crippen LogP) is 6.38. The Morgan fingerprint density at radius 3 is 2.63 bits per heavy atom. The third-order valence-electron chi connectivity index (χ3n) is 9.54. The summed E-state index contributed by atoms with van der Waals surface area (Å²) in [5, 5.41) is 11.3. The molecule has 27 heavy (non-hydrogen) atoms. The van der Waals surface area contributed by atoms with Crippen molar-refractivity contribution in [2.24, 2.45) is 34.5 Å². The van der Waals surface area contributed by atoms with Crippen LogP contribution in [-0.2, 0) is 0 Å². The first-order chi connectivity index (χ1) is 12.9. The zero-order chi connectivity index (χ0) is 18.8. The molecular formula is C25H36O2. The minimum atomic E-state index is -0.300. The molecule has 5 rings (SSSR count). The van der Waals surface area contributed by atoms with Gasteiger partial charge in [0, 0.05) is 5.41 Å². The van der Waals surface area contributed by atoms with Crippen molar-refractivity contribution in [2.75, 3.05) is 0 Å². The van der Waals surface area contributed by atoms with Gasteiger partial charge in [0.15, 0.2) is 0 Å². The Balaban J connectivity index is 1.45. The van der Waals surface area contributed by atoms with E-state index in [1.807, 2.05) is 19.1 Å². The van der Waals surface area contributed by atoms with Crippen molar-refractivity contribution in [2.45, 2.75) is 84.7 Å². The minimum absolute atomic E-state index is 0.0620. The van der Waals surface area contributed by atoms with E-state index in [4.69, 9.17) is 4.42 Å². The summed E-state index contributed by atoms with van der Waals surface area (Å²) >= 11 is 0. The van der Waals surface area contributed by atoms with Crippen molar-refractivity contribution in [3.8, 4) is 0 Å². The van der Waals surface area contributed by atoms with Crippen molar-refractivity contribution < 1.29 is 9.52 Å². The molecule has 0 amide bonds. The first kappa shape index (κ1) is 18.0. The second-order valence-electron chi connectivity index (χ2n) is 10.7. The Labute approximate surface area is 164 Å². The zero-order valence-electron chi connectivity index (χ0n) is 17.3. The fourth-order valence-corrected chi connectivity index (χ4v) is 8.01. The molecule has 4 aliphatic carbocycles. The van der Waals surface area contributed by atoms with E-state index in [-0.39, 0.29) is 11.5 Å². The number of furan rings is 1. The highest BCUT2D eigenvalue weighted by Crippen LogP contribution is 2.67. The molecule has 1 heterocycles. The number of hydrogen-bond donors (Lipinski definition) is 1. The molecule has 2 heteroatoms. The SMILES string of the molecule is Cc1ccc(/C=C2\C[C@@H]3[C@@H]4CC[C@@H]5CCCC[C@]5(C)[C@H]4CC[C@]3(C)[C@H]2O)o1. The van der Waals surface area contributed by atoms with Gasteiger partial charge in [-0.15, -0.1) is 0 Å². The second kappa shape index (κ2) is 6.24. The molecule has 0 bridgehead atoms. The van der Waals surface area contributed by atoms with Crippen LogP contribution in [-0.4, -0.2) is 11.2 Å². The van der Waals surface area contributed by atoms with E-state index in [0.29, 0.717) is 11.3 Å². The average molecular weight is 369 g/mol. The van der Waals surface area contributed by atoms with Crippen molar-refractivity contribution in [1.29, 1.82) is 0 Å². The van der Waals surface area contributed by atoms with E-state index in [1.54, 1.807) is 0 Å². The Kier molecular flexibility index (Phi) is 4.17. The Hall–Kier alpha value is -1.02. The van der Waals surface area contributed by atoms with Gasteiger partial charge in [-0.1, -0.05) is 26.7 Å². The number of aliphatic hydroxyl groups excluding tert-OH is 1. The monoisotopic (exact) mass is 368 g/mol. The van der Waals surface area contributed by atoms with Crippen molar-refractivity contribution in [3.63, 3.8) is 0 Å². The molecule has 0 radical (unpaired) electrons. The summed E-state index contributed by atoms with van der Waals surface area (Å²) in [6, 6.07) is 4.06. The lowest BCUT2D eigenvalue weighted by molar-refractivity contribution is -0.119. The third-order valence-corrected chi connectivity index (χ3v) is 9.54. The fourth-order valence-electron chi connectivity index (χ4n) is 8.01. The number of fused-ring (bicyclic) bond motifs is 5. The quantitative estimate of drug-likeness (QED) is 0.624. The largest absolute Gasteiger partial charge is 0.462 e. The number of rotatable bonds is 1. The van der Waals surface area contributed by atoms with Crippen LogP contribution in [0, 0.1) is 41.4 Å². The van der Waals surface area contributed by atoms with Gasteiger partial charge in [0.1, 0.15) is 11.5 Å². The van der Waals surface area contributed by atoms with Crippen LogP contribution in [0.3, 0.4) is 0 Å². The van der Waals surface area contributed by atoms with Crippen LogP contribution in [0.2, 0.25) is 0 Å². The van der Waals surface area contributed by atoms with Gasteiger partial charge in [0.2, 0.25) is 0 Å². The average Bonchev–Trinajstić information content (AvgIpc) is 3.16. The summed E-state index contributed by atoms with van der Waals surface area (Å²) in [5.41, 5.74) is 1.85.